The highest BCUT2D eigenvalue weighted by Gasteiger charge is 2.18. The third kappa shape index (κ3) is 5.13. The Labute approximate surface area is 166 Å². The highest BCUT2D eigenvalue weighted by molar-refractivity contribution is 5.94. The third-order valence-corrected chi connectivity index (χ3v) is 4.32. The van der Waals surface area contributed by atoms with Gasteiger partial charge in [-0.1, -0.05) is 55.5 Å². The van der Waals surface area contributed by atoms with Crippen molar-refractivity contribution < 1.29 is 14.3 Å². The molecule has 1 unspecified atom stereocenters. The van der Waals surface area contributed by atoms with Gasteiger partial charge in [-0.2, -0.15) is 0 Å². The highest BCUT2D eigenvalue weighted by atomic mass is 16.5. The van der Waals surface area contributed by atoms with E-state index < -0.39 is 6.10 Å². The summed E-state index contributed by atoms with van der Waals surface area (Å²) in [7, 11) is 0. The van der Waals surface area contributed by atoms with Crippen LogP contribution in [0.15, 0.2) is 78.9 Å². The van der Waals surface area contributed by atoms with Crippen LogP contribution < -0.4 is 14.8 Å². The standard InChI is InChI=1S/C24H25NO3/c1-3-23(24(26)25-20-11-8-12-22(17-20)27-4-2)28-21-15-13-19(14-16-21)18-9-6-5-7-10-18/h5-17,23H,3-4H2,1-2H3,(H,25,26). The fourth-order valence-electron chi connectivity index (χ4n) is 2.90. The molecular weight excluding hydrogens is 350 g/mol. The Bertz CT molecular complexity index is 891. The van der Waals surface area contributed by atoms with E-state index in [-0.39, 0.29) is 5.91 Å². The molecule has 0 aliphatic rings. The largest absolute Gasteiger partial charge is 0.494 e. The van der Waals surface area contributed by atoms with Crippen molar-refractivity contribution in [2.75, 3.05) is 11.9 Å². The van der Waals surface area contributed by atoms with E-state index in [1.54, 1.807) is 0 Å². The zero-order valence-corrected chi connectivity index (χ0v) is 16.2. The molecule has 0 heterocycles. The molecule has 0 saturated heterocycles. The zero-order valence-electron chi connectivity index (χ0n) is 16.2. The summed E-state index contributed by atoms with van der Waals surface area (Å²) in [4.78, 5) is 12.6. The Hall–Kier alpha value is -3.27. The summed E-state index contributed by atoms with van der Waals surface area (Å²) in [6, 6.07) is 25.3. The van der Waals surface area contributed by atoms with Crippen molar-refractivity contribution >= 4 is 11.6 Å². The molecule has 0 spiro atoms. The van der Waals surface area contributed by atoms with Crippen molar-refractivity contribution in [2.24, 2.45) is 0 Å². The first kappa shape index (κ1) is 19.5. The molecule has 4 heteroatoms. The van der Waals surface area contributed by atoms with Gasteiger partial charge in [-0.15, -0.1) is 0 Å². The highest BCUT2D eigenvalue weighted by Crippen LogP contribution is 2.23. The van der Waals surface area contributed by atoms with Crippen LogP contribution in [0.5, 0.6) is 11.5 Å². The minimum absolute atomic E-state index is 0.178. The number of nitrogens with one attached hydrogen (secondary N) is 1. The summed E-state index contributed by atoms with van der Waals surface area (Å²) in [5.41, 5.74) is 2.95. The first-order valence-corrected chi connectivity index (χ1v) is 9.55. The number of benzene rings is 3. The van der Waals surface area contributed by atoms with Crippen molar-refractivity contribution in [3.8, 4) is 22.6 Å². The van der Waals surface area contributed by atoms with Crippen LogP contribution in [-0.2, 0) is 4.79 Å². The Kier molecular flexibility index (Phi) is 6.68. The van der Waals surface area contributed by atoms with Crippen molar-refractivity contribution in [3.05, 3.63) is 78.9 Å². The van der Waals surface area contributed by atoms with E-state index in [0.29, 0.717) is 24.5 Å². The lowest BCUT2D eigenvalue weighted by atomic mass is 10.1. The second-order valence-electron chi connectivity index (χ2n) is 6.36. The van der Waals surface area contributed by atoms with Crippen LogP contribution in [0.3, 0.4) is 0 Å². The summed E-state index contributed by atoms with van der Waals surface area (Å²) in [6.45, 7) is 4.44. The van der Waals surface area contributed by atoms with Crippen LogP contribution in [0.4, 0.5) is 5.69 Å². The monoisotopic (exact) mass is 375 g/mol. The van der Waals surface area contributed by atoms with Gasteiger partial charge in [0, 0.05) is 11.8 Å². The summed E-state index contributed by atoms with van der Waals surface area (Å²) in [5, 5.41) is 2.91. The molecular formula is C24H25NO3. The van der Waals surface area contributed by atoms with Crippen molar-refractivity contribution in [3.63, 3.8) is 0 Å². The van der Waals surface area contributed by atoms with Gasteiger partial charge in [0.1, 0.15) is 11.5 Å². The third-order valence-electron chi connectivity index (χ3n) is 4.32. The minimum atomic E-state index is -0.571. The molecule has 0 saturated carbocycles. The molecule has 0 radical (unpaired) electrons. The van der Waals surface area contributed by atoms with E-state index in [2.05, 4.69) is 17.4 Å². The van der Waals surface area contributed by atoms with Crippen LogP contribution in [-0.4, -0.2) is 18.6 Å². The first-order chi connectivity index (χ1) is 13.7. The predicted octanol–water partition coefficient (Wildman–Crippen LogP) is 5.55. The number of ether oxygens (including phenoxy) is 2. The van der Waals surface area contributed by atoms with Gasteiger partial charge in [-0.3, -0.25) is 4.79 Å². The average Bonchev–Trinajstić information content (AvgIpc) is 2.73. The SMILES string of the molecule is CCOc1cccc(NC(=O)C(CC)Oc2ccc(-c3ccccc3)cc2)c1. The first-order valence-electron chi connectivity index (χ1n) is 9.55. The van der Waals surface area contributed by atoms with Crippen molar-refractivity contribution in [2.45, 2.75) is 26.4 Å². The molecule has 1 N–H and O–H groups in total. The summed E-state index contributed by atoms with van der Waals surface area (Å²) >= 11 is 0. The van der Waals surface area contributed by atoms with Gasteiger partial charge in [0.05, 0.1) is 6.61 Å². The van der Waals surface area contributed by atoms with Crippen LogP contribution in [0.2, 0.25) is 0 Å². The molecule has 0 fully saturated rings. The lowest BCUT2D eigenvalue weighted by molar-refractivity contribution is -0.122. The van der Waals surface area contributed by atoms with Crippen LogP contribution in [0.1, 0.15) is 20.3 Å². The fraction of sp³-hybridized carbons (Fsp3) is 0.208. The maximum absolute atomic E-state index is 12.6. The van der Waals surface area contributed by atoms with E-state index in [1.165, 1.54) is 0 Å². The normalized spacial score (nSPS) is 11.5. The maximum atomic E-state index is 12.6. The molecule has 144 valence electrons. The Morgan fingerprint density at radius 3 is 2.25 bits per heavy atom. The summed E-state index contributed by atoms with van der Waals surface area (Å²) < 4.78 is 11.4. The van der Waals surface area contributed by atoms with Gasteiger partial charge < -0.3 is 14.8 Å². The molecule has 0 aliphatic carbocycles. The Balaban J connectivity index is 1.65. The van der Waals surface area contributed by atoms with E-state index >= 15 is 0 Å². The van der Waals surface area contributed by atoms with E-state index in [9.17, 15) is 4.79 Å². The molecule has 1 amide bonds. The molecule has 1 atom stereocenters. The lowest BCUT2D eigenvalue weighted by Gasteiger charge is -2.18. The van der Waals surface area contributed by atoms with Crippen LogP contribution in [0, 0.1) is 0 Å². The van der Waals surface area contributed by atoms with E-state index in [1.807, 2.05) is 80.6 Å². The topological polar surface area (TPSA) is 47.6 Å². The number of rotatable bonds is 8. The lowest BCUT2D eigenvalue weighted by Crippen LogP contribution is -2.32. The quantitative estimate of drug-likeness (QED) is 0.562. The predicted molar refractivity (Wildman–Crippen MR) is 113 cm³/mol. The number of amides is 1. The van der Waals surface area contributed by atoms with Gasteiger partial charge in [0.15, 0.2) is 6.10 Å². The summed E-state index contributed by atoms with van der Waals surface area (Å²) in [5.74, 6) is 1.22. The minimum Gasteiger partial charge on any atom is -0.494 e. The average molecular weight is 375 g/mol. The Morgan fingerprint density at radius 1 is 0.857 bits per heavy atom. The molecule has 0 bridgehead atoms. The van der Waals surface area contributed by atoms with Gasteiger partial charge >= 0.3 is 0 Å². The van der Waals surface area contributed by atoms with E-state index in [0.717, 1.165) is 16.9 Å². The number of carbonyl (C=O) groups excluding carboxylic acids is 1. The Morgan fingerprint density at radius 2 is 1.57 bits per heavy atom. The molecule has 28 heavy (non-hydrogen) atoms. The number of hydrogen-bond donors (Lipinski definition) is 1. The number of anilines is 1. The van der Waals surface area contributed by atoms with Gasteiger partial charge in [0.25, 0.3) is 5.91 Å². The van der Waals surface area contributed by atoms with Crippen LogP contribution in [0.25, 0.3) is 11.1 Å². The maximum Gasteiger partial charge on any atom is 0.265 e. The van der Waals surface area contributed by atoms with Gasteiger partial charge in [0.2, 0.25) is 0 Å². The molecule has 3 aromatic carbocycles. The zero-order chi connectivity index (χ0) is 19.8. The molecule has 3 rings (SSSR count). The molecule has 3 aromatic rings. The molecule has 0 aromatic heterocycles. The van der Waals surface area contributed by atoms with Gasteiger partial charge in [-0.05, 0) is 48.7 Å². The molecule has 0 aliphatic heterocycles. The smallest absolute Gasteiger partial charge is 0.265 e. The summed E-state index contributed by atoms with van der Waals surface area (Å²) in [6.07, 6.45) is -0.00411. The van der Waals surface area contributed by atoms with Crippen molar-refractivity contribution in [1.29, 1.82) is 0 Å². The fourth-order valence-corrected chi connectivity index (χ4v) is 2.90. The van der Waals surface area contributed by atoms with Crippen molar-refractivity contribution in [1.82, 2.24) is 0 Å². The van der Waals surface area contributed by atoms with Crippen LogP contribution >= 0.6 is 0 Å². The number of hydrogen-bond acceptors (Lipinski definition) is 3. The molecule has 4 nitrogen and oxygen atoms in total. The van der Waals surface area contributed by atoms with Gasteiger partial charge in [-0.25, -0.2) is 0 Å². The van der Waals surface area contributed by atoms with E-state index in [4.69, 9.17) is 9.47 Å². The second kappa shape index (κ2) is 9.60. The number of carbonyl (C=O) groups is 1. The second-order valence-corrected chi connectivity index (χ2v) is 6.36.